The highest BCUT2D eigenvalue weighted by Gasteiger charge is 2.44. The molecule has 0 saturated heterocycles. The SMILES string of the molecule is CCCC(C)c1ccc2c(ccc3[n+]2C(CC)(CC)Nc2ccccc2-3)c1. The van der Waals surface area contributed by atoms with Gasteiger partial charge in [-0.3, -0.25) is 0 Å². The molecule has 2 heterocycles. The minimum Gasteiger partial charge on any atom is -0.325 e. The normalized spacial score (nSPS) is 15.7. The molecule has 1 aromatic heterocycles. The quantitative estimate of drug-likeness (QED) is 0.508. The summed E-state index contributed by atoms with van der Waals surface area (Å²) >= 11 is 0. The molecule has 0 amide bonds. The smallest absolute Gasteiger partial charge is 0.241 e. The highest BCUT2D eigenvalue weighted by Crippen LogP contribution is 2.38. The number of hydrogen-bond donors (Lipinski definition) is 1. The third-order valence-corrected chi connectivity index (χ3v) is 6.41. The molecule has 2 aromatic carbocycles. The number of anilines is 1. The van der Waals surface area contributed by atoms with Gasteiger partial charge in [0.25, 0.3) is 0 Å². The zero-order chi connectivity index (χ0) is 19.0. The molecule has 0 spiro atoms. The van der Waals surface area contributed by atoms with E-state index in [1.807, 2.05) is 0 Å². The van der Waals surface area contributed by atoms with Crippen LogP contribution >= 0.6 is 0 Å². The van der Waals surface area contributed by atoms with Gasteiger partial charge in [0, 0.05) is 30.4 Å². The second-order valence-corrected chi connectivity index (χ2v) is 7.97. The first-order chi connectivity index (χ1) is 13.1. The van der Waals surface area contributed by atoms with Crippen LogP contribution in [-0.2, 0) is 5.66 Å². The molecule has 140 valence electrons. The summed E-state index contributed by atoms with van der Waals surface area (Å²) in [5.74, 6) is 0.612. The molecule has 4 rings (SSSR count). The molecule has 1 atom stereocenters. The molecule has 0 bridgehead atoms. The van der Waals surface area contributed by atoms with Crippen LogP contribution in [-0.4, -0.2) is 0 Å². The van der Waals surface area contributed by atoms with Gasteiger partial charge < -0.3 is 5.32 Å². The van der Waals surface area contributed by atoms with E-state index in [0.717, 1.165) is 12.8 Å². The standard InChI is InChI=1S/C25H30N2/c1-5-10-18(4)19-13-15-23-20(17-19)14-16-24-21-11-8-9-12-22(21)26-25(6-2,7-3)27(23)24/h8-9,11-18H,5-7,10H2,1-4H3/p+1. The fourth-order valence-electron chi connectivity index (χ4n) is 4.73. The summed E-state index contributed by atoms with van der Waals surface area (Å²) < 4.78 is 2.55. The zero-order valence-corrected chi connectivity index (χ0v) is 17.0. The molecule has 1 N–H and O–H groups in total. The zero-order valence-electron chi connectivity index (χ0n) is 17.0. The van der Waals surface area contributed by atoms with Gasteiger partial charge in [0.2, 0.25) is 16.9 Å². The molecule has 1 aliphatic heterocycles. The van der Waals surface area contributed by atoms with Crippen molar-refractivity contribution in [2.24, 2.45) is 0 Å². The maximum absolute atomic E-state index is 3.88. The number of pyridine rings is 1. The lowest BCUT2D eigenvalue weighted by molar-refractivity contribution is -0.727. The Bertz CT molecular complexity index is 969. The van der Waals surface area contributed by atoms with Crippen LogP contribution in [0.4, 0.5) is 5.69 Å². The Morgan fingerprint density at radius 2 is 1.74 bits per heavy atom. The average molecular weight is 360 g/mol. The average Bonchev–Trinajstić information content (AvgIpc) is 2.72. The summed E-state index contributed by atoms with van der Waals surface area (Å²) in [6, 6.07) is 20.4. The van der Waals surface area contributed by atoms with Crippen LogP contribution in [0, 0.1) is 0 Å². The Kier molecular flexibility index (Phi) is 4.67. The summed E-state index contributed by atoms with van der Waals surface area (Å²) in [7, 11) is 0. The molecule has 1 unspecified atom stereocenters. The van der Waals surface area contributed by atoms with Gasteiger partial charge in [-0.25, -0.2) is 0 Å². The lowest BCUT2D eigenvalue weighted by Crippen LogP contribution is -2.63. The molecular formula is C25H31N2+. The van der Waals surface area contributed by atoms with Crippen molar-refractivity contribution in [2.75, 3.05) is 5.32 Å². The van der Waals surface area contributed by atoms with Gasteiger partial charge in [0.15, 0.2) is 0 Å². The Morgan fingerprint density at radius 1 is 0.963 bits per heavy atom. The van der Waals surface area contributed by atoms with Crippen LogP contribution < -0.4 is 9.88 Å². The maximum Gasteiger partial charge on any atom is 0.241 e. The molecule has 0 saturated carbocycles. The van der Waals surface area contributed by atoms with E-state index in [1.165, 1.54) is 46.3 Å². The van der Waals surface area contributed by atoms with E-state index in [4.69, 9.17) is 0 Å². The third-order valence-electron chi connectivity index (χ3n) is 6.41. The Hall–Kier alpha value is -2.35. The lowest BCUT2D eigenvalue weighted by Gasteiger charge is -2.35. The molecule has 27 heavy (non-hydrogen) atoms. The predicted octanol–water partition coefficient (Wildman–Crippen LogP) is 6.60. The van der Waals surface area contributed by atoms with Crippen molar-refractivity contribution < 1.29 is 4.57 Å². The van der Waals surface area contributed by atoms with Crippen LogP contribution in [0.5, 0.6) is 0 Å². The molecule has 0 fully saturated rings. The second-order valence-electron chi connectivity index (χ2n) is 7.97. The van der Waals surface area contributed by atoms with E-state index < -0.39 is 0 Å². The van der Waals surface area contributed by atoms with Crippen LogP contribution in [0.15, 0.2) is 54.6 Å². The van der Waals surface area contributed by atoms with E-state index in [0.29, 0.717) is 5.92 Å². The third kappa shape index (κ3) is 2.82. The molecule has 0 radical (unpaired) electrons. The Balaban J connectivity index is 1.98. The van der Waals surface area contributed by atoms with E-state index >= 15 is 0 Å². The van der Waals surface area contributed by atoms with Crippen LogP contribution in [0.1, 0.15) is 64.9 Å². The Morgan fingerprint density at radius 3 is 2.48 bits per heavy atom. The van der Waals surface area contributed by atoms with Crippen molar-refractivity contribution in [2.45, 2.75) is 65.0 Å². The first-order valence-corrected chi connectivity index (χ1v) is 10.5. The van der Waals surface area contributed by atoms with Gasteiger partial charge in [-0.05, 0) is 42.2 Å². The minimum atomic E-state index is -0.0836. The first-order valence-electron chi connectivity index (χ1n) is 10.5. The molecular weight excluding hydrogens is 328 g/mol. The number of aromatic nitrogens is 1. The van der Waals surface area contributed by atoms with Gasteiger partial charge in [0.05, 0.1) is 11.3 Å². The van der Waals surface area contributed by atoms with E-state index in [-0.39, 0.29) is 5.66 Å². The number of fused-ring (bicyclic) bond motifs is 5. The summed E-state index contributed by atoms with van der Waals surface area (Å²) in [6.45, 7) is 9.19. The lowest BCUT2D eigenvalue weighted by atomic mass is 9.91. The molecule has 0 aliphatic carbocycles. The van der Waals surface area contributed by atoms with Crippen molar-refractivity contribution in [1.82, 2.24) is 0 Å². The van der Waals surface area contributed by atoms with Gasteiger partial charge in [-0.15, -0.1) is 0 Å². The molecule has 3 aromatic rings. The topological polar surface area (TPSA) is 15.9 Å². The number of nitrogens with one attached hydrogen (secondary N) is 1. The molecule has 1 aliphatic rings. The predicted molar refractivity (Wildman–Crippen MR) is 115 cm³/mol. The second kappa shape index (κ2) is 6.99. The monoisotopic (exact) mass is 359 g/mol. The van der Waals surface area contributed by atoms with Crippen molar-refractivity contribution in [3.05, 3.63) is 60.2 Å². The van der Waals surface area contributed by atoms with Crippen molar-refractivity contribution in [3.63, 3.8) is 0 Å². The highest BCUT2D eigenvalue weighted by atomic mass is 15.3. The largest absolute Gasteiger partial charge is 0.325 e. The number of rotatable bonds is 5. The molecule has 2 nitrogen and oxygen atoms in total. The summed E-state index contributed by atoms with van der Waals surface area (Å²) in [4.78, 5) is 0. The number of nitrogens with zero attached hydrogens (tertiary/aromatic N) is 1. The number of benzene rings is 2. The fraction of sp³-hybridized carbons (Fsp3) is 0.400. The van der Waals surface area contributed by atoms with Crippen molar-refractivity contribution >= 4 is 16.6 Å². The minimum absolute atomic E-state index is 0.0836. The number of para-hydroxylation sites is 1. The van der Waals surface area contributed by atoms with E-state index in [2.05, 4.69) is 92.2 Å². The number of hydrogen-bond acceptors (Lipinski definition) is 1. The van der Waals surface area contributed by atoms with Gasteiger partial charge in [-0.1, -0.05) is 52.3 Å². The van der Waals surface area contributed by atoms with Gasteiger partial charge in [-0.2, -0.15) is 4.57 Å². The van der Waals surface area contributed by atoms with Crippen molar-refractivity contribution in [3.8, 4) is 11.3 Å². The molecule has 2 heteroatoms. The van der Waals surface area contributed by atoms with Crippen LogP contribution in [0.3, 0.4) is 0 Å². The van der Waals surface area contributed by atoms with Crippen LogP contribution in [0.2, 0.25) is 0 Å². The maximum atomic E-state index is 3.88. The van der Waals surface area contributed by atoms with E-state index in [1.54, 1.807) is 0 Å². The first kappa shape index (κ1) is 18.0. The summed E-state index contributed by atoms with van der Waals surface area (Å²) in [5.41, 5.74) is 6.54. The summed E-state index contributed by atoms with van der Waals surface area (Å²) in [5, 5.41) is 5.22. The van der Waals surface area contributed by atoms with Crippen LogP contribution in [0.25, 0.3) is 22.2 Å². The van der Waals surface area contributed by atoms with E-state index in [9.17, 15) is 0 Å². The van der Waals surface area contributed by atoms with Crippen molar-refractivity contribution in [1.29, 1.82) is 0 Å². The van der Waals surface area contributed by atoms with Gasteiger partial charge in [0.1, 0.15) is 0 Å². The highest BCUT2D eigenvalue weighted by molar-refractivity contribution is 5.82. The van der Waals surface area contributed by atoms with Gasteiger partial charge >= 0.3 is 0 Å². The summed E-state index contributed by atoms with van der Waals surface area (Å²) in [6.07, 6.45) is 4.56. The fourth-order valence-corrected chi connectivity index (χ4v) is 4.73. The Labute approximate surface area is 163 Å².